The van der Waals surface area contributed by atoms with Crippen LogP contribution in [0.2, 0.25) is 0 Å². The van der Waals surface area contributed by atoms with Crippen molar-refractivity contribution in [3.63, 3.8) is 0 Å². The highest BCUT2D eigenvalue weighted by atomic mass is 16.1. The molecular formula is C10H14N4O. The lowest BCUT2D eigenvalue weighted by Crippen LogP contribution is -2.14. The van der Waals surface area contributed by atoms with Crippen molar-refractivity contribution in [2.75, 3.05) is 0 Å². The summed E-state index contributed by atoms with van der Waals surface area (Å²) in [7, 11) is 0. The molecule has 0 amide bonds. The van der Waals surface area contributed by atoms with Gasteiger partial charge in [0, 0.05) is 18.2 Å². The molecule has 80 valence electrons. The molecule has 0 bridgehead atoms. The Hall–Kier alpha value is -1.65. The lowest BCUT2D eigenvalue weighted by molar-refractivity contribution is 0.619. The number of rotatable bonds is 2. The zero-order chi connectivity index (χ0) is 11.0. The molecule has 0 radical (unpaired) electrons. The highest BCUT2D eigenvalue weighted by Gasteiger charge is 2.07. The minimum atomic E-state index is -0.111. The highest BCUT2D eigenvalue weighted by Crippen LogP contribution is 2.03. The van der Waals surface area contributed by atoms with Crippen molar-refractivity contribution in [2.24, 2.45) is 5.92 Å². The summed E-state index contributed by atoms with van der Waals surface area (Å²) >= 11 is 0. The van der Waals surface area contributed by atoms with Gasteiger partial charge in [-0.05, 0) is 12.8 Å². The molecule has 15 heavy (non-hydrogen) atoms. The monoisotopic (exact) mass is 206 g/mol. The number of fused-ring (bicyclic) bond motifs is 1. The molecular weight excluding hydrogens is 192 g/mol. The number of nitrogens with one attached hydrogen (secondary N) is 1. The predicted octanol–water partition coefficient (Wildman–Crippen LogP) is 0.925. The van der Waals surface area contributed by atoms with E-state index in [1.54, 1.807) is 6.92 Å². The Morgan fingerprint density at radius 3 is 2.87 bits per heavy atom. The van der Waals surface area contributed by atoms with Gasteiger partial charge in [-0.3, -0.25) is 9.89 Å². The molecule has 0 saturated carbocycles. The average molecular weight is 206 g/mol. The van der Waals surface area contributed by atoms with Crippen LogP contribution in [0.3, 0.4) is 0 Å². The number of nitrogens with zero attached hydrogens (tertiary/aromatic N) is 3. The maximum absolute atomic E-state index is 11.6. The summed E-state index contributed by atoms with van der Waals surface area (Å²) in [4.78, 5) is 20.0. The molecule has 0 spiro atoms. The molecule has 0 unspecified atom stereocenters. The van der Waals surface area contributed by atoms with Gasteiger partial charge in [0.25, 0.3) is 11.3 Å². The van der Waals surface area contributed by atoms with E-state index in [2.05, 4.69) is 28.9 Å². The van der Waals surface area contributed by atoms with E-state index in [9.17, 15) is 4.79 Å². The van der Waals surface area contributed by atoms with Gasteiger partial charge in [0.2, 0.25) is 0 Å². The van der Waals surface area contributed by atoms with Crippen LogP contribution in [-0.4, -0.2) is 19.6 Å². The molecule has 0 aliphatic carbocycles. The van der Waals surface area contributed by atoms with E-state index in [0.717, 1.165) is 12.2 Å². The van der Waals surface area contributed by atoms with Crippen LogP contribution in [0.5, 0.6) is 0 Å². The Morgan fingerprint density at radius 2 is 2.20 bits per heavy atom. The number of aromatic nitrogens is 4. The van der Waals surface area contributed by atoms with Gasteiger partial charge in [0.15, 0.2) is 0 Å². The van der Waals surface area contributed by atoms with Gasteiger partial charge >= 0.3 is 0 Å². The first kappa shape index (κ1) is 9.89. The maximum Gasteiger partial charge on any atom is 0.274 e. The van der Waals surface area contributed by atoms with E-state index in [1.165, 1.54) is 10.6 Å². The second kappa shape index (κ2) is 3.49. The number of aryl methyl sites for hydroxylation is 1. The van der Waals surface area contributed by atoms with Gasteiger partial charge < -0.3 is 0 Å². The summed E-state index contributed by atoms with van der Waals surface area (Å²) in [6.07, 6.45) is 0.821. The van der Waals surface area contributed by atoms with Crippen molar-refractivity contribution in [1.29, 1.82) is 0 Å². The molecule has 2 rings (SSSR count). The van der Waals surface area contributed by atoms with Crippen molar-refractivity contribution in [2.45, 2.75) is 27.2 Å². The van der Waals surface area contributed by atoms with Crippen LogP contribution in [0.4, 0.5) is 0 Å². The van der Waals surface area contributed by atoms with Crippen molar-refractivity contribution < 1.29 is 0 Å². The molecule has 1 N–H and O–H groups in total. The van der Waals surface area contributed by atoms with E-state index >= 15 is 0 Å². The topological polar surface area (TPSA) is 63.0 Å². The second-order valence-corrected chi connectivity index (χ2v) is 4.14. The number of H-pyrrole nitrogens is 1. The first-order valence-electron chi connectivity index (χ1n) is 5.01. The van der Waals surface area contributed by atoms with Crippen molar-refractivity contribution in [3.05, 3.63) is 27.9 Å². The molecule has 2 aromatic rings. The summed E-state index contributed by atoms with van der Waals surface area (Å²) in [6, 6.07) is 1.49. The largest absolute Gasteiger partial charge is 0.275 e. The van der Waals surface area contributed by atoms with E-state index in [0.29, 0.717) is 17.4 Å². The predicted molar refractivity (Wildman–Crippen MR) is 56.9 cm³/mol. The number of aromatic amines is 1. The van der Waals surface area contributed by atoms with Crippen LogP contribution in [0.1, 0.15) is 25.4 Å². The fraction of sp³-hybridized carbons (Fsp3) is 0.500. The Morgan fingerprint density at radius 1 is 1.47 bits per heavy atom. The third-order valence-electron chi connectivity index (χ3n) is 2.11. The van der Waals surface area contributed by atoms with Crippen LogP contribution in [-0.2, 0) is 6.42 Å². The third kappa shape index (κ3) is 1.91. The summed E-state index contributed by atoms with van der Waals surface area (Å²) in [5.74, 6) is 1.76. The number of hydrogen-bond acceptors (Lipinski definition) is 3. The van der Waals surface area contributed by atoms with E-state index in [-0.39, 0.29) is 5.56 Å². The molecule has 0 fully saturated rings. The molecule has 0 aliphatic rings. The molecule has 2 heterocycles. The number of hydrogen-bond donors (Lipinski definition) is 1. The Balaban J connectivity index is 2.55. The Labute approximate surface area is 87.2 Å². The standard InChI is InChI=1S/C10H14N4O/c1-6(2)4-8-12-10-11-7(3)5-9(15)14(10)13-8/h5-6H,4H2,1-3H3,(H,11,12,13). The molecule has 0 aromatic carbocycles. The fourth-order valence-corrected chi connectivity index (χ4v) is 1.51. The van der Waals surface area contributed by atoms with Gasteiger partial charge in [-0.1, -0.05) is 13.8 Å². The van der Waals surface area contributed by atoms with Crippen LogP contribution < -0.4 is 5.56 Å². The van der Waals surface area contributed by atoms with E-state index in [1.807, 2.05) is 0 Å². The quantitative estimate of drug-likeness (QED) is 0.794. The van der Waals surface area contributed by atoms with Gasteiger partial charge in [0.1, 0.15) is 5.82 Å². The first-order valence-corrected chi connectivity index (χ1v) is 5.01. The van der Waals surface area contributed by atoms with E-state index in [4.69, 9.17) is 0 Å². The molecule has 5 nitrogen and oxygen atoms in total. The Kier molecular flexibility index (Phi) is 2.30. The summed E-state index contributed by atoms with van der Waals surface area (Å²) < 4.78 is 1.38. The lowest BCUT2D eigenvalue weighted by atomic mass is 10.1. The average Bonchev–Trinajstić information content (AvgIpc) is 2.45. The normalized spacial score (nSPS) is 11.5. The van der Waals surface area contributed by atoms with Gasteiger partial charge in [-0.15, -0.1) is 0 Å². The SMILES string of the molecule is Cc1cc(=O)n2[nH]c(CC(C)C)nc2n1. The fourth-order valence-electron chi connectivity index (χ4n) is 1.51. The molecule has 5 heteroatoms. The smallest absolute Gasteiger partial charge is 0.274 e. The maximum atomic E-state index is 11.6. The van der Waals surface area contributed by atoms with E-state index < -0.39 is 0 Å². The van der Waals surface area contributed by atoms with Crippen LogP contribution in [0, 0.1) is 12.8 Å². The lowest BCUT2D eigenvalue weighted by Gasteiger charge is -1.97. The van der Waals surface area contributed by atoms with Gasteiger partial charge in [0.05, 0.1) is 0 Å². The minimum absolute atomic E-state index is 0.111. The minimum Gasteiger partial charge on any atom is -0.275 e. The van der Waals surface area contributed by atoms with Gasteiger partial charge in [-0.2, -0.15) is 9.50 Å². The zero-order valence-corrected chi connectivity index (χ0v) is 9.11. The molecule has 0 atom stereocenters. The molecule has 2 aromatic heterocycles. The third-order valence-corrected chi connectivity index (χ3v) is 2.11. The van der Waals surface area contributed by atoms with Gasteiger partial charge in [-0.25, -0.2) is 4.98 Å². The highest BCUT2D eigenvalue weighted by molar-refractivity contribution is 5.27. The zero-order valence-electron chi connectivity index (χ0n) is 9.11. The summed E-state index contributed by atoms with van der Waals surface area (Å²) in [5.41, 5.74) is 0.586. The molecule has 0 saturated heterocycles. The first-order chi connectivity index (χ1) is 7.06. The van der Waals surface area contributed by atoms with Crippen LogP contribution in [0.25, 0.3) is 5.78 Å². The second-order valence-electron chi connectivity index (χ2n) is 4.14. The molecule has 0 aliphatic heterocycles. The van der Waals surface area contributed by atoms with Crippen LogP contribution in [0.15, 0.2) is 10.9 Å². The van der Waals surface area contributed by atoms with Crippen molar-refractivity contribution in [1.82, 2.24) is 19.6 Å². The Bertz CT molecular complexity index is 538. The summed E-state index contributed by atoms with van der Waals surface area (Å²) in [5, 5.41) is 2.95. The van der Waals surface area contributed by atoms with Crippen molar-refractivity contribution in [3.8, 4) is 0 Å². The summed E-state index contributed by atoms with van der Waals surface area (Å²) in [6.45, 7) is 6.00. The van der Waals surface area contributed by atoms with Crippen LogP contribution >= 0.6 is 0 Å². The van der Waals surface area contributed by atoms with Crippen molar-refractivity contribution >= 4 is 5.78 Å².